The molecule has 1 N–H and O–H groups in total. The van der Waals surface area contributed by atoms with Crippen LogP contribution in [0.15, 0.2) is 4.99 Å². The van der Waals surface area contributed by atoms with E-state index in [1.54, 1.807) is 0 Å². The van der Waals surface area contributed by atoms with Crippen molar-refractivity contribution in [3.8, 4) is 0 Å². The Labute approximate surface area is 146 Å². The summed E-state index contributed by atoms with van der Waals surface area (Å²) in [6.07, 6.45) is 4.32. The molecule has 6 heteroatoms. The Morgan fingerprint density at radius 3 is 2.42 bits per heavy atom. The second-order valence-corrected chi connectivity index (χ2v) is 7.04. The molecule has 0 aliphatic carbocycles. The number of nitrogens with one attached hydrogen (secondary N) is 1. The molecule has 0 spiro atoms. The van der Waals surface area contributed by atoms with Crippen LogP contribution in [0.5, 0.6) is 0 Å². The number of methoxy groups -OCH3 is 1. The molecule has 0 aromatic carbocycles. The largest absolute Gasteiger partial charge is 0.469 e. The van der Waals surface area contributed by atoms with E-state index in [4.69, 9.17) is 9.73 Å². The molecule has 6 nitrogen and oxygen atoms in total. The zero-order valence-electron chi connectivity index (χ0n) is 15.6. The maximum atomic E-state index is 11.6. The number of ether oxygens (including phenoxy) is 1. The molecule has 0 unspecified atom stereocenters. The molecule has 2 saturated heterocycles. The third-order valence-electron chi connectivity index (χ3n) is 5.22. The number of guanidine groups is 1. The summed E-state index contributed by atoms with van der Waals surface area (Å²) in [6.45, 7) is 11.3. The molecule has 2 aliphatic rings. The van der Waals surface area contributed by atoms with Gasteiger partial charge >= 0.3 is 5.97 Å². The highest BCUT2D eigenvalue weighted by molar-refractivity contribution is 5.80. The molecule has 0 atom stereocenters. The number of carbonyl (C=O) groups is 1. The Bertz CT molecular complexity index is 411. The minimum absolute atomic E-state index is 0.0458. The average molecular weight is 338 g/mol. The molecule has 2 fully saturated rings. The molecule has 0 saturated carbocycles. The summed E-state index contributed by atoms with van der Waals surface area (Å²) in [5.41, 5.74) is 0. The summed E-state index contributed by atoms with van der Waals surface area (Å²) in [4.78, 5) is 21.3. The number of hydrogen-bond acceptors (Lipinski definition) is 4. The second-order valence-electron chi connectivity index (χ2n) is 7.04. The van der Waals surface area contributed by atoms with E-state index in [9.17, 15) is 4.79 Å². The van der Waals surface area contributed by atoms with Crippen LogP contribution in [0.3, 0.4) is 0 Å². The number of carbonyl (C=O) groups excluding carboxylic acids is 1. The van der Waals surface area contributed by atoms with Crippen molar-refractivity contribution in [1.29, 1.82) is 0 Å². The molecule has 0 aromatic heterocycles. The summed E-state index contributed by atoms with van der Waals surface area (Å²) < 4.78 is 4.86. The van der Waals surface area contributed by atoms with E-state index < -0.39 is 0 Å². The number of esters is 1. The first kappa shape index (κ1) is 19.0. The van der Waals surface area contributed by atoms with Gasteiger partial charge in [-0.05, 0) is 51.6 Å². The Morgan fingerprint density at radius 2 is 1.83 bits per heavy atom. The van der Waals surface area contributed by atoms with E-state index in [2.05, 4.69) is 29.0 Å². The normalized spacial score (nSPS) is 21.8. The van der Waals surface area contributed by atoms with Crippen LogP contribution in [0.2, 0.25) is 0 Å². The number of aliphatic imine (C=N–C) groups is 1. The van der Waals surface area contributed by atoms with Crippen molar-refractivity contribution in [2.75, 3.05) is 52.9 Å². The molecule has 0 aromatic rings. The van der Waals surface area contributed by atoms with Crippen LogP contribution in [-0.2, 0) is 9.53 Å². The lowest BCUT2D eigenvalue weighted by Crippen LogP contribution is -2.47. The first-order valence-corrected chi connectivity index (χ1v) is 9.47. The van der Waals surface area contributed by atoms with E-state index in [0.29, 0.717) is 0 Å². The number of rotatable bonds is 5. The topological polar surface area (TPSA) is 57.2 Å². The number of nitrogens with zero attached hydrogens (tertiary/aromatic N) is 3. The van der Waals surface area contributed by atoms with Gasteiger partial charge < -0.3 is 19.9 Å². The van der Waals surface area contributed by atoms with Crippen LogP contribution < -0.4 is 5.32 Å². The Morgan fingerprint density at radius 1 is 1.17 bits per heavy atom. The molecule has 138 valence electrons. The highest BCUT2D eigenvalue weighted by Crippen LogP contribution is 2.18. The van der Waals surface area contributed by atoms with Gasteiger partial charge in [0, 0.05) is 26.2 Å². The lowest BCUT2D eigenvalue weighted by molar-refractivity contribution is -0.146. The number of likely N-dealkylation sites (tertiary alicyclic amines) is 2. The molecular formula is C18H34N4O2. The maximum absolute atomic E-state index is 11.6. The minimum atomic E-state index is -0.0732. The van der Waals surface area contributed by atoms with Crippen molar-refractivity contribution in [3.63, 3.8) is 0 Å². The molecule has 0 bridgehead atoms. The SMILES string of the molecule is CCNC(=NCCN1CCC(C)CC1)N1CCC(C(=O)OC)CC1. The summed E-state index contributed by atoms with van der Waals surface area (Å²) in [5, 5.41) is 3.40. The van der Waals surface area contributed by atoms with Gasteiger partial charge in [-0.15, -0.1) is 0 Å². The molecule has 2 aliphatic heterocycles. The van der Waals surface area contributed by atoms with Gasteiger partial charge in [0.25, 0.3) is 0 Å². The molecule has 0 radical (unpaired) electrons. The van der Waals surface area contributed by atoms with Crippen LogP contribution in [0.25, 0.3) is 0 Å². The Kier molecular flexibility index (Phi) is 7.82. The second kappa shape index (κ2) is 9.87. The zero-order valence-corrected chi connectivity index (χ0v) is 15.6. The van der Waals surface area contributed by atoms with Crippen LogP contribution in [0.4, 0.5) is 0 Å². The van der Waals surface area contributed by atoms with E-state index in [1.807, 2.05) is 0 Å². The van der Waals surface area contributed by atoms with E-state index in [1.165, 1.54) is 33.0 Å². The fourth-order valence-corrected chi connectivity index (χ4v) is 3.50. The van der Waals surface area contributed by atoms with Crippen molar-refractivity contribution in [3.05, 3.63) is 0 Å². The van der Waals surface area contributed by atoms with E-state index in [0.717, 1.165) is 57.4 Å². The standard InChI is InChI=1S/C18H34N4O2/c1-4-19-18(20-9-14-21-10-5-15(2)6-11-21)22-12-7-16(8-13-22)17(23)24-3/h15-16H,4-14H2,1-3H3,(H,19,20). The fourth-order valence-electron chi connectivity index (χ4n) is 3.50. The van der Waals surface area contributed by atoms with E-state index in [-0.39, 0.29) is 11.9 Å². The van der Waals surface area contributed by atoms with Crippen molar-refractivity contribution >= 4 is 11.9 Å². The van der Waals surface area contributed by atoms with Gasteiger partial charge in [0.1, 0.15) is 0 Å². The van der Waals surface area contributed by atoms with Crippen LogP contribution >= 0.6 is 0 Å². The quantitative estimate of drug-likeness (QED) is 0.468. The molecule has 2 heterocycles. The first-order valence-electron chi connectivity index (χ1n) is 9.47. The predicted octanol–water partition coefficient (Wildman–Crippen LogP) is 1.57. The number of hydrogen-bond donors (Lipinski definition) is 1. The first-order chi connectivity index (χ1) is 11.6. The minimum Gasteiger partial charge on any atom is -0.469 e. The van der Waals surface area contributed by atoms with Crippen molar-refractivity contribution in [2.45, 2.75) is 39.5 Å². The predicted molar refractivity (Wildman–Crippen MR) is 97.1 cm³/mol. The van der Waals surface area contributed by atoms with E-state index >= 15 is 0 Å². The Balaban J connectivity index is 1.79. The summed E-state index contributed by atoms with van der Waals surface area (Å²) >= 11 is 0. The zero-order chi connectivity index (χ0) is 17.4. The smallest absolute Gasteiger partial charge is 0.308 e. The summed E-state index contributed by atoms with van der Waals surface area (Å²) in [7, 11) is 1.47. The Hall–Kier alpha value is -1.30. The number of piperidine rings is 2. The van der Waals surface area contributed by atoms with Crippen molar-refractivity contribution < 1.29 is 9.53 Å². The van der Waals surface area contributed by atoms with Crippen LogP contribution in [0, 0.1) is 11.8 Å². The molecule has 24 heavy (non-hydrogen) atoms. The lowest BCUT2D eigenvalue weighted by atomic mass is 9.97. The van der Waals surface area contributed by atoms with Gasteiger partial charge in [-0.3, -0.25) is 9.79 Å². The van der Waals surface area contributed by atoms with Gasteiger partial charge in [-0.2, -0.15) is 0 Å². The lowest BCUT2D eigenvalue weighted by Gasteiger charge is -2.33. The molecular weight excluding hydrogens is 304 g/mol. The molecule has 0 amide bonds. The van der Waals surface area contributed by atoms with Crippen LogP contribution in [-0.4, -0.2) is 74.7 Å². The van der Waals surface area contributed by atoms with Gasteiger partial charge in [-0.1, -0.05) is 6.92 Å². The average Bonchev–Trinajstić information content (AvgIpc) is 2.62. The van der Waals surface area contributed by atoms with Gasteiger partial charge in [0.05, 0.1) is 19.6 Å². The van der Waals surface area contributed by atoms with Crippen molar-refractivity contribution in [1.82, 2.24) is 15.1 Å². The highest BCUT2D eigenvalue weighted by Gasteiger charge is 2.27. The highest BCUT2D eigenvalue weighted by atomic mass is 16.5. The third kappa shape index (κ3) is 5.65. The van der Waals surface area contributed by atoms with Gasteiger partial charge in [0.15, 0.2) is 5.96 Å². The maximum Gasteiger partial charge on any atom is 0.308 e. The summed E-state index contributed by atoms with van der Waals surface area (Å²) in [6, 6.07) is 0. The van der Waals surface area contributed by atoms with Gasteiger partial charge in [-0.25, -0.2) is 0 Å². The monoisotopic (exact) mass is 338 g/mol. The van der Waals surface area contributed by atoms with Crippen LogP contribution in [0.1, 0.15) is 39.5 Å². The fraction of sp³-hybridized carbons (Fsp3) is 0.889. The van der Waals surface area contributed by atoms with Gasteiger partial charge in [0.2, 0.25) is 0 Å². The molecule has 2 rings (SSSR count). The summed E-state index contributed by atoms with van der Waals surface area (Å²) in [5.74, 6) is 1.84. The third-order valence-corrected chi connectivity index (χ3v) is 5.22. The van der Waals surface area contributed by atoms with Crippen molar-refractivity contribution in [2.24, 2.45) is 16.8 Å².